The van der Waals surface area contributed by atoms with Gasteiger partial charge in [0, 0.05) is 38.1 Å². The molecule has 0 saturated heterocycles. The van der Waals surface area contributed by atoms with Crippen LogP contribution in [0.1, 0.15) is 29.6 Å². The number of alkyl halides is 2. The number of imidazole rings is 1. The lowest BCUT2D eigenvalue weighted by atomic mass is 10.0. The summed E-state index contributed by atoms with van der Waals surface area (Å²) in [7, 11) is 1.91. The second kappa shape index (κ2) is 9.64. The Balaban J connectivity index is 1.37. The first-order valence-electron chi connectivity index (χ1n) is 10.4. The van der Waals surface area contributed by atoms with E-state index in [4.69, 9.17) is 11.6 Å². The number of amides is 1. The summed E-state index contributed by atoms with van der Waals surface area (Å²) in [5.74, 6) is -2.85. The number of aryl methyl sites for hydroxylation is 1. The molecule has 34 heavy (non-hydrogen) atoms. The number of nitrogens with zero attached hydrogens (tertiary/aromatic N) is 5. The molecule has 10 heteroatoms. The highest BCUT2D eigenvalue weighted by Gasteiger charge is 2.28. The van der Waals surface area contributed by atoms with Gasteiger partial charge >= 0.3 is 0 Å². The SMILES string of the molecule is Cn1cnc(Cc2ncc(-c3ccc(CC(=O)Nc4cnc(Cl)c(C(C)(F)F)c4)cc3)cn2)c1. The van der Waals surface area contributed by atoms with E-state index in [1.54, 1.807) is 18.7 Å². The second-order valence-corrected chi connectivity index (χ2v) is 8.33. The first-order chi connectivity index (χ1) is 16.2. The maximum absolute atomic E-state index is 13.6. The third kappa shape index (κ3) is 5.79. The minimum atomic E-state index is -3.17. The van der Waals surface area contributed by atoms with Crippen LogP contribution >= 0.6 is 11.6 Å². The van der Waals surface area contributed by atoms with Gasteiger partial charge in [0.25, 0.3) is 5.92 Å². The number of benzene rings is 1. The van der Waals surface area contributed by atoms with Crippen molar-refractivity contribution in [3.05, 3.63) is 89.2 Å². The summed E-state index contributed by atoms with van der Waals surface area (Å²) < 4.78 is 29.1. The van der Waals surface area contributed by atoms with E-state index < -0.39 is 11.5 Å². The molecule has 0 bridgehead atoms. The summed E-state index contributed by atoms with van der Waals surface area (Å²) in [6.45, 7) is 0.724. The molecule has 174 valence electrons. The molecule has 0 fully saturated rings. The van der Waals surface area contributed by atoms with Crippen molar-refractivity contribution in [2.45, 2.75) is 25.7 Å². The summed E-state index contributed by atoms with van der Waals surface area (Å²) in [6, 6.07) is 8.53. The Morgan fingerprint density at radius 3 is 2.38 bits per heavy atom. The Labute approximate surface area is 199 Å². The molecule has 0 aliphatic heterocycles. The molecule has 1 aromatic carbocycles. The van der Waals surface area contributed by atoms with Crippen LogP contribution in [0.4, 0.5) is 14.5 Å². The monoisotopic (exact) mass is 482 g/mol. The number of aromatic nitrogens is 5. The zero-order valence-corrected chi connectivity index (χ0v) is 19.2. The number of hydrogen-bond donors (Lipinski definition) is 1. The molecule has 4 rings (SSSR count). The van der Waals surface area contributed by atoms with Crippen LogP contribution < -0.4 is 5.32 Å². The lowest BCUT2D eigenvalue weighted by Gasteiger charge is -2.13. The number of halogens is 3. The highest BCUT2D eigenvalue weighted by molar-refractivity contribution is 6.30. The van der Waals surface area contributed by atoms with E-state index in [2.05, 4.69) is 25.3 Å². The molecule has 0 aliphatic carbocycles. The fourth-order valence-electron chi connectivity index (χ4n) is 3.35. The van der Waals surface area contributed by atoms with Crippen molar-refractivity contribution in [2.75, 3.05) is 5.32 Å². The van der Waals surface area contributed by atoms with Crippen LogP contribution in [0, 0.1) is 0 Å². The number of nitrogens with one attached hydrogen (secondary N) is 1. The van der Waals surface area contributed by atoms with E-state index >= 15 is 0 Å². The molecule has 0 unspecified atom stereocenters. The van der Waals surface area contributed by atoms with Gasteiger partial charge in [-0.15, -0.1) is 0 Å². The zero-order chi connectivity index (χ0) is 24.3. The molecule has 0 spiro atoms. The van der Waals surface area contributed by atoms with Gasteiger partial charge in [0.2, 0.25) is 5.91 Å². The fraction of sp³-hybridized carbons (Fsp3) is 0.208. The molecule has 1 amide bonds. The first-order valence-corrected chi connectivity index (χ1v) is 10.8. The van der Waals surface area contributed by atoms with Gasteiger partial charge in [0.15, 0.2) is 0 Å². The third-order valence-electron chi connectivity index (χ3n) is 5.05. The molecular formula is C24H21ClF2N6O. The normalized spacial score (nSPS) is 11.4. The molecule has 1 N–H and O–H groups in total. The fourth-order valence-corrected chi connectivity index (χ4v) is 3.61. The minimum absolute atomic E-state index is 0.0697. The zero-order valence-electron chi connectivity index (χ0n) is 18.5. The van der Waals surface area contributed by atoms with Crippen molar-refractivity contribution in [1.82, 2.24) is 24.5 Å². The lowest BCUT2D eigenvalue weighted by molar-refractivity contribution is -0.115. The molecule has 0 radical (unpaired) electrons. The van der Waals surface area contributed by atoms with Gasteiger partial charge < -0.3 is 9.88 Å². The van der Waals surface area contributed by atoms with E-state index in [-0.39, 0.29) is 23.2 Å². The number of anilines is 1. The van der Waals surface area contributed by atoms with Crippen molar-refractivity contribution < 1.29 is 13.6 Å². The number of carbonyl (C=O) groups is 1. The average molecular weight is 483 g/mol. The van der Waals surface area contributed by atoms with Crippen LogP contribution in [-0.4, -0.2) is 30.4 Å². The van der Waals surface area contributed by atoms with Crippen LogP contribution in [0.3, 0.4) is 0 Å². The molecule has 0 atom stereocenters. The topological polar surface area (TPSA) is 85.6 Å². The van der Waals surface area contributed by atoms with E-state index in [1.807, 2.05) is 42.1 Å². The van der Waals surface area contributed by atoms with Gasteiger partial charge in [-0.2, -0.15) is 0 Å². The number of rotatable bonds is 7. The summed E-state index contributed by atoms with van der Waals surface area (Å²) in [4.78, 5) is 29.2. The van der Waals surface area contributed by atoms with Crippen LogP contribution in [0.15, 0.2) is 61.4 Å². The molecule has 4 aromatic rings. The predicted octanol–water partition coefficient (Wildman–Crippen LogP) is 4.81. The third-order valence-corrected chi connectivity index (χ3v) is 5.35. The summed E-state index contributed by atoms with van der Waals surface area (Å²) in [6.07, 6.45) is 9.03. The average Bonchev–Trinajstić information content (AvgIpc) is 3.20. The van der Waals surface area contributed by atoms with Crippen molar-refractivity contribution >= 4 is 23.2 Å². The Bertz CT molecular complexity index is 1300. The van der Waals surface area contributed by atoms with Gasteiger partial charge in [-0.05, 0) is 17.2 Å². The molecule has 7 nitrogen and oxygen atoms in total. The molecule has 0 saturated carbocycles. The predicted molar refractivity (Wildman–Crippen MR) is 125 cm³/mol. The van der Waals surface area contributed by atoms with Crippen molar-refractivity contribution in [3.63, 3.8) is 0 Å². The highest BCUT2D eigenvalue weighted by Crippen LogP contribution is 2.33. The van der Waals surface area contributed by atoms with Crippen LogP contribution in [-0.2, 0) is 30.6 Å². The van der Waals surface area contributed by atoms with E-state index in [1.165, 1.54) is 6.20 Å². The molecular weight excluding hydrogens is 462 g/mol. The standard InChI is InChI=1S/C24H21ClF2N6O/c1-24(26,27)20-8-18(12-30-23(20)25)32-22(34)7-15-3-5-16(6-4-15)17-10-28-21(29-11-17)9-19-13-33(2)14-31-19/h3-6,8,10-14H,7,9H2,1-2H3,(H,32,34). The molecule has 3 heterocycles. The quantitative estimate of drug-likeness (QED) is 0.382. The van der Waals surface area contributed by atoms with Crippen LogP contribution in [0.2, 0.25) is 5.15 Å². The summed E-state index contributed by atoms with van der Waals surface area (Å²) in [5.41, 5.74) is 3.13. The molecule has 0 aliphatic rings. The van der Waals surface area contributed by atoms with Crippen molar-refractivity contribution in [2.24, 2.45) is 7.05 Å². The van der Waals surface area contributed by atoms with E-state index in [0.29, 0.717) is 12.2 Å². The highest BCUT2D eigenvalue weighted by atomic mass is 35.5. The summed E-state index contributed by atoms with van der Waals surface area (Å²) >= 11 is 5.74. The smallest absolute Gasteiger partial charge is 0.273 e. The minimum Gasteiger partial charge on any atom is -0.340 e. The maximum Gasteiger partial charge on any atom is 0.273 e. The van der Waals surface area contributed by atoms with Crippen molar-refractivity contribution in [3.8, 4) is 11.1 Å². The number of hydrogen-bond acceptors (Lipinski definition) is 5. The van der Waals surface area contributed by atoms with E-state index in [9.17, 15) is 13.6 Å². The van der Waals surface area contributed by atoms with Crippen molar-refractivity contribution in [1.29, 1.82) is 0 Å². The largest absolute Gasteiger partial charge is 0.340 e. The number of carbonyl (C=O) groups excluding carboxylic acids is 1. The van der Waals surface area contributed by atoms with E-state index in [0.717, 1.165) is 35.4 Å². The summed E-state index contributed by atoms with van der Waals surface area (Å²) in [5, 5.41) is 2.29. The maximum atomic E-state index is 13.6. The molecule has 3 aromatic heterocycles. The van der Waals surface area contributed by atoms with Gasteiger partial charge in [0.1, 0.15) is 11.0 Å². The lowest BCUT2D eigenvalue weighted by Crippen LogP contribution is -2.16. The van der Waals surface area contributed by atoms with Gasteiger partial charge in [0.05, 0.1) is 42.3 Å². The second-order valence-electron chi connectivity index (χ2n) is 7.97. The first kappa shape index (κ1) is 23.4. The van der Waals surface area contributed by atoms with Crippen LogP contribution in [0.25, 0.3) is 11.1 Å². The Kier molecular flexibility index (Phi) is 6.65. The Morgan fingerprint density at radius 1 is 1.06 bits per heavy atom. The van der Waals surface area contributed by atoms with Gasteiger partial charge in [-0.25, -0.2) is 28.7 Å². The Morgan fingerprint density at radius 2 is 1.76 bits per heavy atom. The van der Waals surface area contributed by atoms with Crippen LogP contribution in [0.5, 0.6) is 0 Å². The number of pyridine rings is 1. The Hall–Kier alpha value is -3.72. The van der Waals surface area contributed by atoms with Gasteiger partial charge in [-0.1, -0.05) is 35.9 Å². The van der Waals surface area contributed by atoms with Gasteiger partial charge in [-0.3, -0.25) is 4.79 Å².